The maximum atomic E-state index is 4.67. The molecule has 0 amide bonds. The number of rotatable bonds is 1. The van der Waals surface area contributed by atoms with Gasteiger partial charge in [0.2, 0.25) is 0 Å². The number of hydrogen-bond donors (Lipinski definition) is 0. The Bertz CT molecular complexity index is 1210. The fourth-order valence-electron chi connectivity index (χ4n) is 4.70. The molecular formula is C24H19BrN4. The fraction of sp³-hybridized carbons (Fsp3) is 0.167. The van der Waals surface area contributed by atoms with E-state index >= 15 is 0 Å². The number of nitrogens with zero attached hydrogens (tertiary/aromatic N) is 4. The second-order valence-corrected chi connectivity index (χ2v) is 8.61. The first-order valence-corrected chi connectivity index (χ1v) is 10.7. The monoisotopic (exact) mass is 442 g/mol. The smallest absolute Gasteiger partial charge is 0.118 e. The van der Waals surface area contributed by atoms with Crippen LogP contribution in [0.5, 0.6) is 0 Å². The van der Waals surface area contributed by atoms with Crippen molar-refractivity contribution in [2.24, 2.45) is 0 Å². The lowest BCUT2D eigenvalue weighted by molar-refractivity contribution is 0.204. The predicted octanol–water partition coefficient (Wildman–Crippen LogP) is 5.16. The molecule has 0 saturated carbocycles. The van der Waals surface area contributed by atoms with Gasteiger partial charge in [0.15, 0.2) is 0 Å². The molecule has 3 heterocycles. The molecule has 3 aromatic carbocycles. The Morgan fingerprint density at radius 3 is 2.48 bits per heavy atom. The Balaban J connectivity index is 1.65. The number of para-hydroxylation sites is 1. The maximum Gasteiger partial charge on any atom is 0.118 e. The van der Waals surface area contributed by atoms with Crippen LogP contribution in [-0.4, -0.2) is 26.4 Å². The van der Waals surface area contributed by atoms with Crippen LogP contribution < -0.4 is 0 Å². The Labute approximate surface area is 177 Å². The van der Waals surface area contributed by atoms with Crippen LogP contribution in [0.3, 0.4) is 0 Å². The van der Waals surface area contributed by atoms with Gasteiger partial charge in [-0.25, -0.2) is 4.68 Å². The highest BCUT2D eigenvalue weighted by atomic mass is 79.9. The summed E-state index contributed by atoms with van der Waals surface area (Å²) in [6.07, 6.45) is 1.07. The van der Waals surface area contributed by atoms with Gasteiger partial charge in [0.05, 0.1) is 17.4 Å². The summed E-state index contributed by atoms with van der Waals surface area (Å²) in [4.78, 5) is 2.58. The summed E-state index contributed by atoms with van der Waals surface area (Å²) in [6.45, 7) is 1.94. The van der Waals surface area contributed by atoms with Gasteiger partial charge in [-0.1, -0.05) is 75.7 Å². The van der Waals surface area contributed by atoms with Crippen LogP contribution in [0.4, 0.5) is 0 Å². The summed E-state index contributed by atoms with van der Waals surface area (Å²) in [7, 11) is 0. The van der Waals surface area contributed by atoms with Crippen molar-refractivity contribution in [3.63, 3.8) is 0 Å². The van der Waals surface area contributed by atoms with Gasteiger partial charge >= 0.3 is 0 Å². The highest BCUT2D eigenvalue weighted by molar-refractivity contribution is 9.10. The van der Waals surface area contributed by atoms with E-state index in [0.29, 0.717) is 0 Å². The first-order valence-electron chi connectivity index (χ1n) is 9.91. The van der Waals surface area contributed by atoms with Crippen LogP contribution in [0.2, 0.25) is 0 Å². The lowest BCUT2D eigenvalue weighted by Crippen LogP contribution is -2.35. The number of aromatic nitrogens is 3. The van der Waals surface area contributed by atoms with Gasteiger partial charge < -0.3 is 0 Å². The van der Waals surface area contributed by atoms with Gasteiger partial charge in [0.25, 0.3) is 0 Å². The molecule has 0 saturated heterocycles. The van der Waals surface area contributed by atoms with E-state index in [-0.39, 0.29) is 6.04 Å². The zero-order valence-corrected chi connectivity index (χ0v) is 17.4. The van der Waals surface area contributed by atoms with E-state index in [4.69, 9.17) is 0 Å². The van der Waals surface area contributed by atoms with Crippen molar-refractivity contribution < 1.29 is 0 Å². The third kappa shape index (κ3) is 2.69. The Morgan fingerprint density at radius 1 is 0.862 bits per heavy atom. The molecule has 2 aliphatic heterocycles. The largest absolute Gasteiger partial charge is 0.286 e. The van der Waals surface area contributed by atoms with Gasteiger partial charge in [-0.15, -0.1) is 5.10 Å². The van der Waals surface area contributed by atoms with Crippen molar-refractivity contribution >= 4 is 15.9 Å². The van der Waals surface area contributed by atoms with Crippen LogP contribution in [0, 0.1) is 0 Å². The van der Waals surface area contributed by atoms with Crippen LogP contribution >= 0.6 is 15.9 Å². The number of halogens is 1. The molecule has 1 aromatic heterocycles. The lowest BCUT2D eigenvalue weighted by atomic mass is 9.89. The summed E-state index contributed by atoms with van der Waals surface area (Å²) in [6, 6.07) is 25.9. The minimum Gasteiger partial charge on any atom is -0.286 e. The van der Waals surface area contributed by atoms with Gasteiger partial charge in [-0.05, 0) is 41.3 Å². The second kappa shape index (κ2) is 6.65. The Morgan fingerprint density at radius 2 is 1.62 bits per heavy atom. The van der Waals surface area contributed by atoms with Crippen molar-refractivity contribution in [3.8, 4) is 16.9 Å². The van der Waals surface area contributed by atoms with Crippen molar-refractivity contribution in [2.75, 3.05) is 6.54 Å². The summed E-state index contributed by atoms with van der Waals surface area (Å²) >= 11 is 3.54. The third-order valence-corrected chi connectivity index (χ3v) is 6.59. The molecule has 5 heteroatoms. The minimum absolute atomic E-state index is 0.140. The molecule has 1 atom stereocenters. The highest BCUT2D eigenvalue weighted by Crippen LogP contribution is 2.43. The zero-order valence-electron chi connectivity index (χ0n) is 15.8. The molecule has 4 nitrogen and oxygen atoms in total. The molecule has 6 rings (SSSR count). The molecule has 0 aliphatic carbocycles. The molecular weight excluding hydrogens is 424 g/mol. The quantitative estimate of drug-likeness (QED) is 0.408. The first-order chi connectivity index (χ1) is 14.3. The van der Waals surface area contributed by atoms with Gasteiger partial charge in [-0.3, -0.25) is 4.90 Å². The highest BCUT2D eigenvalue weighted by Gasteiger charge is 2.37. The van der Waals surface area contributed by atoms with Crippen LogP contribution in [0.25, 0.3) is 16.9 Å². The molecule has 0 spiro atoms. The predicted molar refractivity (Wildman–Crippen MR) is 117 cm³/mol. The van der Waals surface area contributed by atoms with Crippen LogP contribution in [0.15, 0.2) is 77.3 Å². The molecule has 2 aliphatic rings. The third-order valence-electron chi connectivity index (χ3n) is 6.06. The zero-order chi connectivity index (χ0) is 19.4. The molecule has 1 unspecified atom stereocenters. The summed E-state index contributed by atoms with van der Waals surface area (Å²) in [5.74, 6) is 0. The van der Waals surface area contributed by atoms with E-state index in [1.54, 1.807) is 0 Å². The molecule has 0 fully saturated rings. The van der Waals surface area contributed by atoms with Crippen molar-refractivity contribution in [2.45, 2.75) is 19.0 Å². The van der Waals surface area contributed by atoms with E-state index in [2.05, 4.69) is 109 Å². The van der Waals surface area contributed by atoms with Gasteiger partial charge in [-0.2, -0.15) is 0 Å². The van der Waals surface area contributed by atoms with E-state index in [1.807, 2.05) is 0 Å². The standard InChI is InChI=1S/C24H19BrN4/c25-19-11-9-17(10-12-19)22-24-23-20-7-3-1-5-16(20)13-14-28(23)15-18-6-2-4-8-21(18)29(24)27-26-22/h1-12,23H,13-15H2. The molecule has 0 bridgehead atoms. The maximum absolute atomic E-state index is 4.67. The topological polar surface area (TPSA) is 34.0 Å². The summed E-state index contributed by atoms with van der Waals surface area (Å²) < 4.78 is 3.13. The van der Waals surface area contributed by atoms with Gasteiger partial charge in [0.1, 0.15) is 5.69 Å². The van der Waals surface area contributed by atoms with Crippen molar-refractivity contribution in [3.05, 3.63) is 99.7 Å². The molecule has 4 aromatic rings. The number of benzene rings is 3. The Hall–Kier alpha value is -2.76. The van der Waals surface area contributed by atoms with Crippen LogP contribution in [0.1, 0.15) is 28.4 Å². The Kier molecular flexibility index (Phi) is 3.93. The van der Waals surface area contributed by atoms with Crippen molar-refractivity contribution in [1.82, 2.24) is 19.9 Å². The average Bonchev–Trinajstić information content (AvgIpc) is 3.13. The van der Waals surface area contributed by atoms with Crippen molar-refractivity contribution in [1.29, 1.82) is 0 Å². The summed E-state index contributed by atoms with van der Waals surface area (Å²) in [5.41, 5.74) is 8.43. The van der Waals surface area contributed by atoms with E-state index in [0.717, 1.165) is 46.6 Å². The van der Waals surface area contributed by atoms with E-state index in [1.165, 1.54) is 16.7 Å². The lowest BCUT2D eigenvalue weighted by Gasteiger charge is -2.36. The molecule has 0 radical (unpaired) electrons. The summed E-state index contributed by atoms with van der Waals surface area (Å²) in [5, 5.41) is 9.32. The first kappa shape index (κ1) is 17.1. The SMILES string of the molecule is Brc1ccc(-c2nnn3c2C2c4ccccc4CCN2Cc2ccccc2-3)cc1. The average molecular weight is 443 g/mol. The molecule has 0 N–H and O–H groups in total. The molecule has 142 valence electrons. The van der Waals surface area contributed by atoms with Crippen LogP contribution in [-0.2, 0) is 13.0 Å². The normalized spacial score (nSPS) is 17.6. The van der Waals surface area contributed by atoms with E-state index < -0.39 is 0 Å². The minimum atomic E-state index is 0.140. The number of fused-ring (bicyclic) bond motifs is 7. The van der Waals surface area contributed by atoms with Gasteiger partial charge in [0, 0.05) is 23.1 Å². The van der Waals surface area contributed by atoms with E-state index in [9.17, 15) is 0 Å². The molecule has 29 heavy (non-hydrogen) atoms. The second-order valence-electron chi connectivity index (χ2n) is 7.69. The number of hydrogen-bond acceptors (Lipinski definition) is 3. The fourth-order valence-corrected chi connectivity index (χ4v) is 4.97.